The van der Waals surface area contributed by atoms with E-state index in [1.54, 1.807) is 6.07 Å². The Balaban J connectivity index is 2.02. The Morgan fingerprint density at radius 1 is 1.37 bits per heavy atom. The van der Waals surface area contributed by atoms with Crippen molar-refractivity contribution in [1.29, 1.82) is 0 Å². The van der Waals surface area contributed by atoms with Crippen molar-refractivity contribution in [3.8, 4) is 5.75 Å². The number of phenols is 1. The molecule has 0 aliphatic carbocycles. The molecule has 1 fully saturated rings. The Morgan fingerprint density at radius 2 is 2.05 bits per heavy atom. The van der Waals surface area contributed by atoms with E-state index in [1.807, 2.05) is 0 Å². The van der Waals surface area contributed by atoms with Gasteiger partial charge in [0.05, 0.1) is 13.2 Å². The lowest BCUT2D eigenvalue weighted by atomic mass is 10.2. The molecule has 1 aliphatic heterocycles. The number of anilines is 1. The highest BCUT2D eigenvalue weighted by Crippen LogP contribution is 2.19. The lowest BCUT2D eigenvalue weighted by molar-refractivity contribution is 0.0724. The summed E-state index contributed by atoms with van der Waals surface area (Å²) in [7, 11) is -3.56. The normalized spacial score (nSPS) is 17.5. The van der Waals surface area contributed by atoms with Gasteiger partial charge < -0.3 is 15.6 Å². The largest absolute Gasteiger partial charge is 0.508 e. The Morgan fingerprint density at radius 3 is 2.74 bits per heavy atom. The third-order valence-corrected chi connectivity index (χ3v) is 4.41. The van der Waals surface area contributed by atoms with Crippen LogP contribution in [0.5, 0.6) is 5.75 Å². The molecule has 0 atom stereocenters. The summed E-state index contributed by atoms with van der Waals surface area (Å²) in [5, 5.41) is 9.62. The van der Waals surface area contributed by atoms with Crippen LogP contribution in [0.1, 0.15) is 5.56 Å². The lowest BCUT2D eigenvalue weighted by Gasteiger charge is -2.26. The van der Waals surface area contributed by atoms with E-state index in [1.165, 1.54) is 16.4 Å². The molecule has 1 heterocycles. The molecule has 0 unspecified atom stereocenters. The van der Waals surface area contributed by atoms with Gasteiger partial charge in [-0.3, -0.25) is 0 Å². The van der Waals surface area contributed by atoms with Crippen molar-refractivity contribution in [2.45, 2.75) is 6.54 Å². The Kier molecular flexibility index (Phi) is 4.25. The number of phenolic OH excluding ortho intramolecular Hbond substituents is 1. The number of nitrogens with one attached hydrogen (secondary N) is 1. The van der Waals surface area contributed by atoms with E-state index in [0.717, 1.165) is 0 Å². The van der Waals surface area contributed by atoms with Crippen LogP contribution in [0.3, 0.4) is 0 Å². The number of morpholine rings is 1. The third kappa shape index (κ3) is 3.57. The topological polar surface area (TPSA) is 105 Å². The van der Waals surface area contributed by atoms with Gasteiger partial charge in [-0.2, -0.15) is 17.4 Å². The first-order chi connectivity index (χ1) is 8.99. The van der Waals surface area contributed by atoms with E-state index in [9.17, 15) is 13.5 Å². The van der Waals surface area contributed by atoms with Crippen LogP contribution in [0.25, 0.3) is 0 Å². The summed E-state index contributed by atoms with van der Waals surface area (Å²) in [6.45, 7) is 1.45. The maximum atomic E-state index is 12.0. The predicted octanol–water partition coefficient (Wildman–Crippen LogP) is -0.359. The number of hydrogen-bond donors (Lipinski definition) is 3. The molecule has 1 aliphatic rings. The average molecular weight is 287 g/mol. The first-order valence-corrected chi connectivity index (χ1v) is 7.33. The first kappa shape index (κ1) is 14.1. The molecule has 0 aromatic heterocycles. The molecule has 7 nitrogen and oxygen atoms in total. The van der Waals surface area contributed by atoms with Crippen molar-refractivity contribution >= 4 is 15.9 Å². The number of rotatable bonds is 4. The molecule has 1 aromatic rings. The fraction of sp³-hybridized carbons (Fsp3) is 0.455. The molecule has 0 amide bonds. The SMILES string of the molecule is Nc1ccc(O)c(CNS(=O)(=O)N2CCOCC2)c1. The second-order valence-corrected chi connectivity index (χ2v) is 5.98. The van der Waals surface area contributed by atoms with Crippen LogP contribution in [0.2, 0.25) is 0 Å². The molecule has 0 spiro atoms. The van der Waals surface area contributed by atoms with Crippen LogP contribution in [-0.4, -0.2) is 44.1 Å². The van der Waals surface area contributed by atoms with Crippen molar-refractivity contribution < 1.29 is 18.3 Å². The molecular formula is C11H17N3O4S. The highest BCUT2D eigenvalue weighted by molar-refractivity contribution is 7.87. The zero-order valence-electron chi connectivity index (χ0n) is 10.4. The fourth-order valence-corrected chi connectivity index (χ4v) is 2.94. The van der Waals surface area contributed by atoms with Crippen molar-refractivity contribution in [1.82, 2.24) is 9.03 Å². The minimum Gasteiger partial charge on any atom is -0.508 e. The van der Waals surface area contributed by atoms with Crippen LogP contribution < -0.4 is 10.5 Å². The van der Waals surface area contributed by atoms with Crippen LogP contribution >= 0.6 is 0 Å². The van der Waals surface area contributed by atoms with Crippen molar-refractivity contribution in [2.75, 3.05) is 32.0 Å². The van der Waals surface area contributed by atoms with E-state index < -0.39 is 10.2 Å². The lowest BCUT2D eigenvalue weighted by Crippen LogP contribution is -2.46. The van der Waals surface area contributed by atoms with E-state index in [4.69, 9.17) is 10.5 Å². The van der Waals surface area contributed by atoms with Gasteiger partial charge in [-0.05, 0) is 18.2 Å². The number of hydrogen-bond acceptors (Lipinski definition) is 5. The Labute approximate surface area is 112 Å². The van der Waals surface area contributed by atoms with Gasteiger partial charge in [0.2, 0.25) is 0 Å². The summed E-state index contributed by atoms with van der Waals surface area (Å²) in [4.78, 5) is 0. The van der Waals surface area contributed by atoms with Crippen molar-refractivity contribution in [3.63, 3.8) is 0 Å². The zero-order valence-corrected chi connectivity index (χ0v) is 11.2. The standard InChI is InChI=1S/C11H17N3O4S/c12-10-1-2-11(15)9(7-10)8-13-19(16,17)14-3-5-18-6-4-14/h1-2,7,13,15H,3-6,8,12H2. The van der Waals surface area contributed by atoms with Crippen LogP contribution in [0, 0.1) is 0 Å². The number of ether oxygens (including phenoxy) is 1. The second kappa shape index (κ2) is 5.74. The zero-order chi connectivity index (χ0) is 13.9. The van der Waals surface area contributed by atoms with Gasteiger partial charge >= 0.3 is 0 Å². The molecule has 2 rings (SSSR count). The number of nitrogens with two attached hydrogens (primary N) is 1. The van der Waals surface area contributed by atoms with E-state index in [-0.39, 0.29) is 12.3 Å². The number of aromatic hydroxyl groups is 1. The molecule has 0 saturated carbocycles. The Bertz CT molecular complexity index is 541. The fourth-order valence-electron chi connectivity index (χ4n) is 1.79. The molecule has 8 heteroatoms. The molecular weight excluding hydrogens is 270 g/mol. The van der Waals surface area contributed by atoms with Crippen LogP contribution in [0.4, 0.5) is 5.69 Å². The van der Waals surface area contributed by atoms with Gasteiger partial charge in [0.25, 0.3) is 10.2 Å². The highest BCUT2D eigenvalue weighted by Gasteiger charge is 2.23. The minimum absolute atomic E-state index is 0.00341. The smallest absolute Gasteiger partial charge is 0.279 e. The molecule has 1 aromatic carbocycles. The second-order valence-electron chi connectivity index (χ2n) is 4.23. The van der Waals surface area contributed by atoms with Crippen LogP contribution in [-0.2, 0) is 21.5 Å². The van der Waals surface area contributed by atoms with Crippen molar-refractivity contribution in [3.05, 3.63) is 23.8 Å². The summed E-state index contributed by atoms with van der Waals surface area (Å²) < 4.78 is 32.9. The molecule has 106 valence electrons. The van der Waals surface area contributed by atoms with Gasteiger partial charge in [0, 0.05) is 30.9 Å². The molecule has 0 bridgehead atoms. The first-order valence-electron chi connectivity index (χ1n) is 5.89. The maximum absolute atomic E-state index is 12.0. The average Bonchev–Trinajstić information content (AvgIpc) is 2.41. The monoisotopic (exact) mass is 287 g/mol. The maximum Gasteiger partial charge on any atom is 0.279 e. The molecule has 4 N–H and O–H groups in total. The van der Waals surface area contributed by atoms with E-state index in [2.05, 4.69) is 4.72 Å². The number of nitrogen functional groups attached to an aromatic ring is 1. The summed E-state index contributed by atoms with van der Waals surface area (Å²) in [6.07, 6.45) is 0. The van der Waals surface area contributed by atoms with Crippen molar-refractivity contribution in [2.24, 2.45) is 0 Å². The number of nitrogens with zero attached hydrogens (tertiary/aromatic N) is 1. The predicted molar refractivity (Wildman–Crippen MR) is 70.7 cm³/mol. The minimum atomic E-state index is -3.56. The molecule has 1 saturated heterocycles. The molecule has 0 radical (unpaired) electrons. The number of benzene rings is 1. The van der Waals surface area contributed by atoms with Gasteiger partial charge in [0.15, 0.2) is 0 Å². The summed E-state index contributed by atoms with van der Waals surface area (Å²) >= 11 is 0. The summed E-state index contributed by atoms with van der Waals surface area (Å²) in [5.41, 5.74) is 6.51. The summed E-state index contributed by atoms with van der Waals surface area (Å²) in [5.74, 6) is 0.0128. The Hall–Kier alpha value is -1.35. The van der Waals surface area contributed by atoms with Gasteiger partial charge in [-0.15, -0.1) is 0 Å². The van der Waals surface area contributed by atoms with Gasteiger partial charge in [-0.1, -0.05) is 0 Å². The van der Waals surface area contributed by atoms with Crippen LogP contribution in [0.15, 0.2) is 18.2 Å². The van der Waals surface area contributed by atoms with Gasteiger partial charge in [0.1, 0.15) is 5.75 Å². The highest BCUT2D eigenvalue weighted by atomic mass is 32.2. The molecule has 19 heavy (non-hydrogen) atoms. The van der Waals surface area contributed by atoms with E-state index in [0.29, 0.717) is 37.6 Å². The quantitative estimate of drug-likeness (QED) is 0.518. The van der Waals surface area contributed by atoms with E-state index >= 15 is 0 Å². The summed E-state index contributed by atoms with van der Waals surface area (Å²) in [6, 6.07) is 4.53. The third-order valence-electron chi connectivity index (χ3n) is 2.86. The van der Waals surface area contributed by atoms with Gasteiger partial charge in [-0.25, -0.2) is 0 Å².